The number of ether oxygens (including phenoxy) is 2. The lowest BCUT2D eigenvalue weighted by atomic mass is 10.1. The average Bonchev–Trinajstić information content (AvgIpc) is 3.28. The molecule has 0 saturated heterocycles. The van der Waals surface area contributed by atoms with Crippen molar-refractivity contribution in [3.63, 3.8) is 0 Å². The molecule has 0 spiro atoms. The van der Waals surface area contributed by atoms with Crippen LogP contribution in [0.5, 0.6) is 11.5 Å². The van der Waals surface area contributed by atoms with Crippen molar-refractivity contribution in [2.45, 2.75) is 40.5 Å². The topological polar surface area (TPSA) is 102 Å². The van der Waals surface area contributed by atoms with Crippen LogP contribution in [-0.2, 0) is 0 Å². The lowest BCUT2D eigenvalue weighted by molar-refractivity contribution is 0.102. The molecule has 0 atom stereocenters. The van der Waals surface area contributed by atoms with Gasteiger partial charge in [0, 0.05) is 10.9 Å². The van der Waals surface area contributed by atoms with Gasteiger partial charge in [0.15, 0.2) is 23.1 Å². The molecule has 4 rings (SSSR count). The number of nitriles is 1. The molecule has 0 radical (unpaired) electrons. The van der Waals surface area contributed by atoms with Gasteiger partial charge in [-0.05, 0) is 62.6 Å². The fourth-order valence-corrected chi connectivity index (χ4v) is 3.92. The second kappa shape index (κ2) is 10.9. The predicted molar refractivity (Wildman–Crippen MR) is 139 cm³/mol. The van der Waals surface area contributed by atoms with Gasteiger partial charge in [-0.2, -0.15) is 15.0 Å². The molecule has 0 fully saturated rings. The highest BCUT2D eigenvalue weighted by atomic mass is 16.5. The number of benzene rings is 2. The molecule has 4 aromatic rings. The third-order valence-electron chi connectivity index (χ3n) is 5.83. The third-order valence-corrected chi connectivity index (χ3v) is 5.83. The largest absolute Gasteiger partial charge is 0.490 e. The monoisotopic (exact) mass is 483 g/mol. The molecule has 0 bridgehead atoms. The lowest BCUT2D eigenvalue weighted by Gasteiger charge is -2.14. The van der Waals surface area contributed by atoms with E-state index >= 15 is 0 Å². The molecular weight excluding hydrogens is 454 g/mol. The van der Waals surface area contributed by atoms with Gasteiger partial charge in [-0.15, -0.1) is 0 Å². The highest BCUT2D eigenvalue weighted by Gasteiger charge is 2.19. The van der Waals surface area contributed by atoms with E-state index in [0.29, 0.717) is 36.1 Å². The number of para-hydroxylation sites is 1. The van der Waals surface area contributed by atoms with Crippen molar-refractivity contribution in [2.75, 3.05) is 18.5 Å². The summed E-state index contributed by atoms with van der Waals surface area (Å²) in [5.74, 6) is 1.46. The van der Waals surface area contributed by atoms with E-state index in [1.165, 1.54) is 10.9 Å². The lowest BCUT2D eigenvalue weighted by Crippen LogP contribution is -2.17. The number of aromatic nitrogens is 3. The van der Waals surface area contributed by atoms with Gasteiger partial charge in [0.05, 0.1) is 24.9 Å². The molecule has 2 heterocycles. The number of hydrogen-bond donors (Lipinski definition) is 1. The molecule has 2 aromatic carbocycles. The first-order valence-electron chi connectivity index (χ1n) is 12.0. The van der Waals surface area contributed by atoms with Crippen molar-refractivity contribution in [1.29, 1.82) is 5.26 Å². The maximum absolute atomic E-state index is 13.2. The third kappa shape index (κ3) is 5.01. The SMILES string of the molecule is CCCCOc1ccc(C(=O)Nc2c(C#N)cnn2-c2cc(C)c3cccc(C)c3n2)cc1OCC. The minimum Gasteiger partial charge on any atom is -0.490 e. The van der Waals surface area contributed by atoms with Gasteiger partial charge in [0.2, 0.25) is 0 Å². The van der Waals surface area contributed by atoms with E-state index in [1.807, 2.05) is 45.0 Å². The number of carbonyl (C=O) groups excluding carboxylic acids is 1. The molecule has 8 nitrogen and oxygen atoms in total. The highest BCUT2D eigenvalue weighted by Crippen LogP contribution is 2.30. The summed E-state index contributed by atoms with van der Waals surface area (Å²) in [4.78, 5) is 18.0. The molecular formula is C28H29N5O3. The number of pyridine rings is 1. The first-order valence-corrected chi connectivity index (χ1v) is 12.0. The Morgan fingerprint density at radius 1 is 1.08 bits per heavy atom. The summed E-state index contributed by atoms with van der Waals surface area (Å²) in [5.41, 5.74) is 3.50. The number of anilines is 1. The fourth-order valence-electron chi connectivity index (χ4n) is 3.92. The summed E-state index contributed by atoms with van der Waals surface area (Å²) < 4.78 is 13.0. The Kier molecular flexibility index (Phi) is 7.50. The Hall–Kier alpha value is -4.38. The second-order valence-corrected chi connectivity index (χ2v) is 8.45. The molecule has 1 amide bonds. The Bertz CT molecular complexity index is 1450. The standard InChI is InChI=1S/C28H29N5O3/c1-5-7-13-36-23-12-11-20(15-24(23)35-6-2)28(34)32-27-21(16-29)17-30-33(27)25-14-19(4)22-10-8-9-18(3)26(22)31-25/h8-12,14-15,17H,5-7,13H2,1-4H3,(H,32,34). The maximum Gasteiger partial charge on any atom is 0.256 e. The Balaban J connectivity index is 1.68. The Morgan fingerprint density at radius 2 is 1.92 bits per heavy atom. The summed E-state index contributed by atoms with van der Waals surface area (Å²) >= 11 is 0. The summed E-state index contributed by atoms with van der Waals surface area (Å²) in [6, 6.07) is 15.1. The van der Waals surface area contributed by atoms with E-state index in [9.17, 15) is 10.1 Å². The van der Waals surface area contributed by atoms with E-state index in [1.54, 1.807) is 18.2 Å². The number of nitrogens with zero attached hydrogens (tertiary/aromatic N) is 4. The number of unbranched alkanes of at least 4 members (excludes halogenated alkanes) is 1. The maximum atomic E-state index is 13.2. The quantitative estimate of drug-likeness (QED) is 0.305. The Morgan fingerprint density at radius 3 is 2.67 bits per heavy atom. The van der Waals surface area contributed by atoms with Crippen LogP contribution >= 0.6 is 0 Å². The van der Waals surface area contributed by atoms with E-state index in [0.717, 1.165) is 34.9 Å². The minimum absolute atomic E-state index is 0.234. The highest BCUT2D eigenvalue weighted by molar-refractivity contribution is 6.05. The number of carbonyl (C=O) groups is 1. The zero-order chi connectivity index (χ0) is 25.7. The van der Waals surface area contributed by atoms with Crippen molar-refractivity contribution < 1.29 is 14.3 Å². The minimum atomic E-state index is -0.400. The van der Waals surface area contributed by atoms with Crippen LogP contribution < -0.4 is 14.8 Å². The molecule has 0 aliphatic heterocycles. The van der Waals surface area contributed by atoms with E-state index in [-0.39, 0.29) is 11.4 Å². The number of hydrogen-bond acceptors (Lipinski definition) is 6. The summed E-state index contributed by atoms with van der Waals surface area (Å²) in [7, 11) is 0. The molecule has 8 heteroatoms. The van der Waals surface area contributed by atoms with Gasteiger partial charge in [0.25, 0.3) is 5.91 Å². The van der Waals surface area contributed by atoms with Gasteiger partial charge in [-0.3, -0.25) is 4.79 Å². The van der Waals surface area contributed by atoms with Gasteiger partial charge >= 0.3 is 0 Å². The first-order chi connectivity index (χ1) is 17.5. The smallest absolute Gasteiger partial charge is 0.256 e. The van der Waals surface area contributed by atoms with Crippen molar-refractivity contribution >= 4 is 22.6 Å². The number of amides is 1. The van der Waals surface area contributed by atoms with Crippen LogP contribution in [0.2, 0.25) is 0 Å². The number of fused-ring (bicyclic) bond motifs is 1. The van der Waals surface area contributed by atoms with E-state index in [4.69, 9.17) is 14.5 Å². The molecule has 2 aromatic heterocycles. The predicted octanol–water partition coefficient (Wildman–Crippen LogP) is 5.74. The van der Waals surface area contributed by atoms with Gasteiger partial charge < -0.3 is 14.8 Å². The van der Waals surface area contributed by atoms with Crippen molar-refractivity contribution in [3.05, 3.63) is 70.9 Å². The fraction of sp³-hybridized carbons (Fsp3) is 0.286. The molecule has 36 heavy (non-hydrogen) atoms. The number of nitrogens with one attached hydrogen (secondary N) is 1. The van der Waals surface area contributed by atoms with Crippen molar-refractivity contribution in [1.82, 2.24) is 14.8 Å². The van der Waals surface area contributed by atoms with Crippen molar-refractivity contribution in [2.24, 2.45) is 0 Å². The summed E-state index contributed by atoms with van der Waals surface area (Å²) in [5, 5.41) is 17.9. The summed E-state index contributed by atoms with van der Waals surface area (Å²) in [6.45, 7) is 8.98. The molecule has 0 saturated carbocycles. The van der Waals surface area contributed by atoms with Gasteiger partial charge in [-0.25, -0.2) is 4.98 Å². The van der Waals surface area contributed by atoms with E-state index in [2.05, 4.69) is 23.4 Å². The van der Waals surface area contributed by atoms with Crippen LogP contribution in [0.15, 0.2) is 48.7 Å². The van der Waals surface area contributed by atoms with Crippen LogP contribution in [-0.4, -0.2) is 33.9 Å². The molecule has 184 valence electrons. The molecule has 0 aliphatic carbocycles. The molecule has 0 aliphatic rings. The normalized spacial score (nSPS) is 10.8. The summed E-state index contributed by atoms with van der Waals surface area (Å²) in [6.07, 6.45) is 3.37. The zero-order valence-electron chi connectivity index (χ0n) is 21.0. The second-order valence-electron chi connectivity index (χ2n) is 8.45. The van der Waals surface area contributed by atoms with Crippen LogP contribution in [0.4, 0.5) is 5.82 Å². The van der Waals surface area contributed by atoms with Gasteiger partial charge in [-0.1, -0.05) is 31.5 Å². The number of aryl methyl sites for hydroxylation is 2. The van der Waals surface area contributed by atoms with Crippen LogP contribution in [0.25, 0.3) is 16.7 Å². The first kappa shape index (κ1) is 24.7. The van der Waals surface area contributed by atoms with Crippen LogP contribution in [0.3, 0.4) is 0 Å². The van der Waals surface area contributed by atoms with Crippen LogP contribution in [0.1, 0.15) is 53.7 Å². The van der Waals surface area contributed by atoms with E-state index < -0.39 is 5.91 Å². The zero-order valence-corrected chi connectivity index (χ0v) is 21.0. The van der Waals surface area contributed by atoms with Crippen molar-refractivity contribution in [3.8, 4) is 23.4 Å². The average molecular weight is 484 g/mol. The number of rotatable bonds is 9. The van der Waals surface area contributed by atoms with Crippen LogP contribution in [0, 0.1) is 25.2 Å². The molecule has 1 N–H and O–H groups in total. The Labute approximate surface area is 210 Å². The van der Waals surface area contributed by atoms with Gasteiger partial charge in [0.1, 0.15) is 11.6 Å². The molecule has 0 unspecified atom stereocenters.